The smallest absolute Gasteiger partial charge is 0.193 e. The van der Waals surface area contributed by atoms with Crippen molar-refractivity contribution in [2.45, 2.75) is 19.5 Å². The molecule has 7 heteroatoms. The molecule has 0 aliphatic carbocycles. The zero-order valence-corrected chi connectivity index (χ0v) is 15.3. The van der Waals surface area contributed by atoms with E-state index in [1.807, 2.05) is 29.9 Å². The number of hydrogen-bond donors (Lipinski definition) is 0. The lowest BCUT2D eigenvalue weighted by Gasteiger charge is -2.26. The van der Waals surface area contributed by atoms with Gasteiger partial charge in [-0.25, -0.2) is 9.37 Å². The molecule has 0 bridgehead atoms. The maximum Gasteiger partial charge on any atom is 0.193 e. The Morgan fingerprint density at radius 1 is 1.19 bits per heavy atom. The number of rotatable bonds is 4. The molecule has 1 aliphatic heterocycles. The van der Waals surface area contributed by atoms with Gasteiger partial charge in [0.05, 0.1) is 0 Å². The minimum Gasteiger partial charge on any atom is -0.360 e. The third-order valence-electron chi connectivity index (χ3n) is 4.88. The van der Waals surface area contributed by atoms with E-state index in [2.05, 4.69) is 25.7 Å². The van der Waals surface area contributed by atoms with Gasteiger partial charge in [-0.2, -0.15) is 0 Å². The summed E-state index contributed by atoms with van der Waals surface area (Å²) in [5.41, 5.74) is 3.27. The van der Waals surface area contributed by atoms with E-state index in [-0.39, 0.29) is 5.82 Å². The van der Waals surface area contributed by atoms with Crippen molar-refractivity contribution in [2.75, 3.05) is 6.54 Å². The van der Waals surface area contributed by atoms with Crippen molar-refractivity contribution in [3.8, 4) is 16.4 Å². The molecular formula is C20H17FN4OS. The summed E-state index contributed by atoms with van der Waals surface area (Å²) in [6.07, 6.45) is 4.62. The molecule has 0 fully saturated rings. The van der Waals surface area contributed by atoms with E-state index in [1.54, 1.807) is 23.5 Å². The van der Waals surface area contributed by atoms with Crippen LogP contribution in [0.4, 0.5) is 4.39 Å². The molecule has 1 aromatic carbocycles. The highest BCUT2D eigenvalue weighted by Crippen LogP contribution is 2.32. The normalized spacial score (nSPS) is 14.4. The van der Waals surface area contributed by atoms with Gasteiger partial charge in [-0.05, 0) is 24.3 Å². The second kappa shape index (κ2) is 6.75. The third kappa shape index (κ3) is 2.98. The highest BCUT2D eigenvalue weighted by atomic mass is 32.1. The summed E-state index contributed by atoms with van der Waals surface area (Å²) < 4.78 is 21.9. The van der Waals surface area contributed by atoms with E-state index >= 15 is 0 Å². The largest absolute Gasteiger partial charge is 0.360 e. The van der Waals surface area contributed by atoms with Crippen molar-refractivity contribution in [3.05, 3.63) is 77.0 Å². The maximum atomic E-state index is 14.2. The minimum atomic E-state index is -0.275. The van der Waals surface area contributed by atoms with Crippen LogP contribution in [0.3, 0.4) is 0 Å². The summed E-state index contributed by atoms with van der Waals surface area (Å²) >= 11 is 1.61. The quantitative estimate of drug-likeness (QED) is 0.530. The van der Waals surface area contributed by atoms with Crippen LogP contribution in [0.1, 0.15) is 17.0 Å². The van der Waals surface area contributed by atoms with Gasteiger partial charge in [0.25, 0.3) is 0 Å². The predicted molar refractivity (Wildman–Crippen MR) is 101 cm³/mol. The monoisotopic (exact) mass is 380 g/mol. The van der Waals surface area contributed by atoms with Crippen molar-refractivity contribution in [1.29, 1.82) is 0 Å². The Labute approximate surface area is 159 Å². The summed E-state index contributed by atoms with van der Waals surface area (Å²) in [6, 6.07) is 10.9. The molecule has 0 atom stereocenters. The highest BCUT2D eigenvalue weighted by molar-refractivity contribution is 7.12. The molecule has 1 aliphatic rings. The predicted octanol–water partition coefficient (Wildman–Crippen LogP) is 4.29. The van der Waals surface area contributed by atoms with Crippen molar-refractivity contribution in [2.24, 2.45) is 0 Å². The molecule has 0 spiro atoms. The van der Waals surface area contributed by atoms with E-state index in [0.717, 1.165) is 36.0 Å². The molecule has 27 heavy (non-hydrogen) atoms. The highest BCUT2D eigenvalue weighted by Gasteiger charge is 2.26. The van der Waals surface area contributed by atoms with E-state index in [9.17, 15) is 4.39 Å². The lowest BCUT2D eigenvalue weighted by atomic mass is 10.0. The SMILES string of the molecule is Fc1ccccc1-c1noc2c1CN(Cc1cccn1-c1nccs1)CC2. The van der Waals surface area contributed by atoms with Gasteiger partial charge in [-0.3, -0.25) is 9.47 Å². The maximum absolute atomic E-state index is 14.2. The summed E-state index contributed by atoms with van der Waals surface area (Å²) in [5.74, 6) is 0.586. The first-order valence-corrected chi connectivity index (χ1v) is 9.68. The minimum absolute atomic E-state index is 0.275. The molecule has 0 radical (unpaired) electrons. The average Bonchev–Trinajstić information content (AvgIpc) is 3.42. The number of hydrogen-bond acceptors (Lipinski definition) is 5. The van der Waals surface area contributed by atoms with Crippen LogP contribution in [0.25, 0.3) is 16.4 Å². The van der Waals surface area contributed by atoms with Crippen LogP contribution >= 0.6 is 11.3 Å². The summed E-state index contributed by atoms with van der Waals surface area (Å²) in [5, 5.41) is 7.10. The van der Waals surface area contributed by atoms with Crippen LogP contribution in [0.15, 0.2) is 58.7 Å². The van der Waals surface area contributed by atoms with Crippen LogP contribution in [0.2, 0.25) is 0 Å². The van der Waals surface area contributed by atoms with E-state index < -0.39 is 0 Å². The summed E-state index contributed by atoms with van der Waals surface area (Å²) in [6.45, 7) is 2.35. The van der Waals surface area contributed by atoms with Crippen molar-refractivity contribution < 1.29 is 8.91 Å². The molecule has 0 saturated heterocycles. The first-order valence-electron chi connectivity index (χ1n) is 8.80. The topological polar surface area (TPSA) is 47.1 Å². The van der Waals surface area contributed by atoms with E-state index in [1.165, 1.54) is 11.8 Å². The lowest BCUT2D eigenvalue weighted by molar-refractivity contribution is 0.225. The Balaban J connectivity index is 1.42. The molecule has 5 rings (SSSR count). The zero-order valence-electron chi connectivity index (χ0n) is 14.5. The number of thiazole rings is 1. The van der Waals surface area contributed by atoms with Crippen LogP contribution < -0.4 is 0 Å². The van der Waals surface area contributed by atoms with Crippen molar-refractivity contribution in [3.63, 3.8) is 0 Å². The molecule has 3 aromatic heterocycles. The van der Waals surface area contributed by atoms with Gasteiger partial charge in [0.1, 0.15) is 17.3 Å². The van der Waals surface area contributed by atoms with Crippen molar-refractivity contribution >= 4 is 11.3 Å². The summed E-state index contributed by atoms with van der Waals surface area (Å²) in [7, 11) is 0. The van der Waals surface area contributed by atoms with Crippen LogP contribution in [0.5, 0.6) is 0 Å². The molecule has 0 saturated carbocycles. The number of nitrogens with zero attached hydrogens (tertiary/aromatic N) is 4. The van der Waals surface area contributed by atoms with Gasteiger partial charge in [-0.1, -0.05) is 17.3 Å². The fraction of sp³-hybridized carbons (Fsp3) is 0.200. The molecule has 4 aromatic rings. The lowest BCUT2D eigenvalue weighted by Crippen LogP contribution is -2.30. The Morgan fingerprint density at radius 2 is 2.11 bits per heavy atom. The van der Waals surface area contributed by atoms with E-state index in [4.69, 9.17) is 4.52 Å². The Morgan fingerprint density at radius 3 is 2.96 bits per heavy atom. The number of aromatic nitrogens is 3. The van der Waals surface area contributed by atoms with Gasteiger partial charge in [0, 0.05) is 60.6 Å². The van der Waals surface area contributed by atoms with Gasteiger partial charge >= 0.3 is 0 Å². The van der Waals surface area contributed by atoms with Gasteiger partial charge < -0.3 is 4.52 Å². The fourth-order valence-electron chi connectivity index (χ4n) is 3.56. The molecule has 0 unspecified atom stereocenters. The van der Waals surface area contributed by atoms with Gasteiger partial charge in [0.15, 0.2) is 5.13 Å². The molecule has 0 amide bonds. The number of benzene rings is 1. The standard InChI is InChI=1S/C20H17FN4OS/c21-17-6-2-1-5-15(17)19-16-13-24(10-7-18(16)26-23-19)12-14-4-3-9-25(14)20-22-8-11-27-20/h1-6,8-9,11H,7,10,12-13H2. The zero-order chi connectivity index (χ0) is 18.2. The molecule has 5 nitrogen and oxygen atoms in total. The van der Waals surface area contributed by atoms with E-state index in [0.29, 0.717) is 17.8 Å². The number of halogens is 1. The average molecular weight is 380 g/mol. The Hall–Kier alpha value is -2.77. The van der Waals surface area contributed by atoms with Crippen LogP contribution in [-0.2, 0) is 19.5 Å². The third-order valence-corrected chi connectivity index (χ3v) is 5.65. The Kier molecular flexibility index (Phi) is 4.10. The van der Waals surface area contributed by atoms with Gasteiger partial charge in [0.2, 0.25) is 0 Å². The first-order chi connectivity index (χ1) is 13.3. The Bertz CT molecular complexity index is 1070. The second-order valence-corrected chi connectivity index (χ2v) is 7.43. The molecular weight excluding hydrogens is 363 g/mol. The van der Waals surface area contributed by atoms with Crippen molar-refractivity contribution in [1.82, 2.24) is 19.6 Å². The molecule has 4 heterocycles. The number of fused-ring (bicyclic) bond motifs is 1. The van der Waals surface area contributed by atoms with Crippen LogP contribution in [0, 0.1) is 5.82 Å². The summed E-state index contributed by atoms with van der Waals surface area (Å²) in [4.78, 5) is 6.74. The fourth-order valence-corrected chi connectivity index (χ4v) is 4.22. The molecule has 0 N–H and O–H groups in total. The van der Waals surface area contributed by atoms with Crippen LogP contribution in [-0.4, -0.2) is 26.2 Å². The van der Waals surface area contributed by atoms with Gasteiger partial charge in [-0.15, -0.1) is 11.3 Å². The second-order valence-electron chi connectivity index (χ2n) is 6.56. The first kappa shape index (κ1) is 16.4. The molecule has 136 valence electrons.